The van der Waals surface area contributed by atoms with Gasteiger partial charge < -0.3 is 10.6 Å². The first kappa shape index (κ1) is 18.1. The average Bonchev–Trinajstić information content (AvgIpc) is 2.43. The molecule has 8 heteroatoms. The van der Waals surface area contributed by atoms with E-state index in [4.69, 9.17) is 0 Å². The summed E-state index contributed by atoms with van der Waals surface area (Å²) in [5, 5.41) is 5.33. The Morgan fingerprint density at radius 2 is 1.68 bits per heavy atom. The van der Waals surface area contributed by atoms with Crippen molar-refractivity contribution in [1.82, 2.24) is 10.0 Å². The van der Waals surface area contributed by atoms with E-state index < -0.39 is 10.0 Å². The highest BCUT2D eigenvalue weighted by molar-refractivity contribution is 7.88. The van der Waals surface area contributed by atoms with Gasteiger partial charge in [0.15, 0.2) is 0 Å². The van der Waals surface area contributed by atoms with Gasteiger partial charge in [0.05, 0.1) is 6.26 Å². The van der Waals surface area contributed by atoms with Crippen molar-refractivity contribution in [3.63, 3.8) is 0 Å². The van der Waals surface area contributed by atoms with Crippen LogP contribution < -0.4 is 15.4 Å². The summed E-state index contributed by atoms with van der Waals surface area (Å²) < 4.78 is 24.0. The van der Waals surface area contributed by atoms with E-state index in [2.05, 4.69) is 15.4 Å². The van der Waals surface area contributed by atoms with Crippen molar-refractivity contribution < 1.29 is 18.0 Å². The van der Waals surface area contributed by atoms with Crippen molar-refractivity contribution in [1.29, 1.82) is 0 Å². The third-order valence-electron chi connectivity index (χ3n) is 2.71. The molecule has 0 aliphatic heterocycles. The first-order valence-electron chi connectivity index (χ1n) is 6.83. The fraction of sp³-hybridized carbons (Fsp3) is 0.429. The zero-order chi connectivity index (χ0) is 16.8. The number of sulfonamides is 1. The molecule has 0 aromatic heterocycles. The molecule has 3 N–H and O–H groups in total. The van der Waals surface area contributed by atoms with Crippen LogP contribution in [0.1, 0.15) is 24.2 Å². The van der Waals surface area contributed by atoms with Crippen LogP contribution in [0.5, 0.6) is 0 Å². The fourth-order valence-corrected chi connectivity index (χ4v) is 1.98. The van der Waals surface area contributed by atoms with Gasteiger partial charge in [0.1, 0.15) is 0 Å². The molecule has 0 saturated carbocycles. The number of carbonyl (C=O) groups excluding carboxylic acids is 2. The predicted molar refractivity (Wildman–Crippen MR) is 85.1 cm³/mol. The molecule has 0 aliphatic rings. The van der Waals surface area contributed by atoms with Crippen LogP contribution in [0, 0.1) is 5.92 Å². The van der Waals surface area contributed by atoms with E-state index in [-0.39, 0.29) is 30.8 Å². The quantitative estimate of drug-likeness (QED) is 0.636. The van der Waals surface area contributed by atoms with E-state index in [1.54, 1.807) is 38.1 Å². The lowest BCUT2D eigenvalue weighted by Crippen LogP contribution is -2.34. The summed E-state index contributed by atoms with van der Waals surface area (Å²) in [5.41, 5.74) is 1.05. The molecule has 0 spiro atoms. The smallest absolute Gasteiger partial charge is 0.251 e. The second kappa shape index (κ2) is 7.90. The third kappa shape index (κ3) is 6.68. The summed E-state index contributed by atoms with van der Waals surface area (Å²) in [4.78, 5) is 23.4. The highest BCUT2D eigenvalue weighted by atomic mass is 32.2. The van der Waals surface area contributed by atoms with Gasteiger partial charge in [0.2, 0.25) is 15.9 Å². The van der Waals surface area contributed by atoms with Crippen LogP contribution in [0.15, 0.2) is 24.3 Å². The van der Waals surface area contributed by atoms with Gasteiger partial charge in [-0.05, 0) is 24.3 Å². The molecule has 0 bridgehead atoms. The molecule has 0 fully saturated rings. The fourth-order valence-electron chi connectivity index (χ4n) is 1.51. The molecule has 1 rings (SSSR count). The van der Waals surface area contributed by atoms with Crippen LogP contribution in [-0.2, 0) is 14.8 Å². The SMILES string of the molecule is CC(C)C(=O)Nc1ccc(C(=O)NCCNS(C)(=O)=O)cc1. The van der Waals surface area contributed by atoms with Crippen LogP contribution >= 0.6 is 0 Å². The van der Waals surface area contributed by atoms with Gasteiger partial charge in [0.25, 0.3) is 5.91 Å². The van der Waals surface area contributed by atoms with Crippen LogP contribution in [0.3, 0.4) is 0 Å². The van der Waals surface area contributed by atoms with Crippen LogP contribution in [-0.4, -0.2) is 39.6 Å². The molecular formula is C14H21N3O4S. The van der Waals surface area contributed by atoms with E-state index in [1.807, 2.05) is 0 Å². The minimum atomic E-state index is -3.25. The summed E-state index contributed by atoms with van der Waals surface area (Å²) in [6, 6.07) is 6.47. The average molecular weight is 327 g/mol. The summed E-state index contributed by atoms with van der Waals surface area (Å²) >= 11 is 0. The Balaban J connectivity index is 2.48. The number of hydrogen-bond acceptors (Lipinski definition) is 4. The van der Waals surface area contributed by atoms with Crippen molar-refractivity contribution in [2.75, 3.05) is 24.7 Å². The van der Waals surface area contributed by atoms with E-state index >= 15 is 0 Å². The Hall–Kier alpha value is -1.93. The minimum Gasteiger partial charge on any atom is -0.351 e. The Morgan fingerprint density at radius 3 is 2.18 bits per heavy atom. The number of hydrogen-bond donors (Lipinski definition) is 3. The minimum absolute atomic E-state index is 0.0935. The monoisotopic (exact) mass is 327 g/mol. The van der Waals surface area contributed by atoms with E-state index in [1.165, 1.54) is 0 Å². The molecule has 0 atom stereocenters. The molecule has 122 valence electrons. The van der Waals surface area contributed by atoms with E-state index in [0.29, 0.717) is 11.3 Å². The Kier molecular flexibility index (Phi) is 6.51. The molecule has 0 saturated heterocycles. The summed E-state index contributed by atoms with van der Waals surface area (Å²) in [6.07, 6.45) is 1.05. The number of anilines is 1. The molecular weight excluding hydrogens is 306 g/mol. The van der Waals surface area contributed by atoms with Crippen molar-refractivity contribution >= 4 is 27.5 Å². The normalized spacial score (nSPS) is 11.3. The van der Waals surface area contributed by atoms with Gasteiger partial charge in [0, 0.05) is 30.3 Å². The highest BCUT2D eigenvalue weighted by Gasteiger charge is 2.09. The topological polar surface area (TPSA) is 104 Å². The van der Waals surface area contributed by atoms with Crippen LogP contribution in [0.25, 0.3) is 0 Å². The van der Waals surface area contributed by atoms with Crippen LogP contribution in [0.4, 0.5) is 5.69 Å². The zero-order valence-electron chi connectivity index (χ0n) is 12.8. The van der Waals surface area contributed by atoms with Crippen LogP contribution in [0.2, 0.25) is 0 Å². The Labute approximate surface area is 130 Å². The van der Waals surface area contributed by atoms with Gasteiger partial charge in [-0.3, -0.25) is 9.59 Å². The van der Waals surface area contributed by atoms with Gasteiger partial charge in [-0.25, -0.2) is 13.1 Å². The van der Waals surface area contributed by atoms with E-state index in [0.717, 1.165) is 6.26 Å². The molecule has 0 radical (unpaired) electrons. The number of benzene rings is 1. The number of rotatable bonds is 7. The lowest BCUT2D eigenvalue weighted by atomic mass is 10.1. The molecule has 1 aromatic rings. The second-order valence-electron chi connectivity index (χ2n) is 5.14. The Bertz CT molecular complexity index is 624. The lowest BCUT2D eigenvalue weighted by Gasteiger charge is -2.09. The molecule has 22 heavy (non-hydrogen) atoms. The Morgan fingerprint density at radius 1 is 1.09 bits per heavy atom. The molecule has 1 aromatic carbocycles. The maximum absolute atomic E-state index is 11.8. The molecule has 0 heterocycles. The number of carbonyl (C=O) groups is 2. The van der Waals surface area contributed by atoms with Gasteiger partial charge in [-0.15, -0.1) is 0 Å². The largest absolute Gasteiger partial charge is 0.351 e. The standard InChI is InChI=1S/C14H21N3O4S/c1-10(2)13(18)17-12-6-4-11(5-7-12)14(19)15-8-9-16-22(3,20)21/h4-7,10,16H,8-9H2,1-3H3,(H,15,19)(H,17,18). The summed E-state index contributed by atoms with van der Waals surface area (Å²) in [5.74, 6) is -0.522. The first-order valence-corrected chi connectivity index (χ1v) is 8.72. The molecule has 0 aliphatic carbocycles. The van der Waals surface area contributed by atoms with Gasteiger partial charge >= 0.3 is 0 Å². The first-order chi connectivity index (χ1) is 10.2. The predicted octanol–water partition coefficient (Wildman–Crippen LogP) is 0.560. The van der Waals surface area contributed by atoms with Gasteiger partial charge in [-0.1, -0.05) is 13.8 Å². The molecule has 0 unspecified atom stereocenters. The summed E-state index contributed by atoms with van der Waals surface area (Å²) in [7, 11) is -3.25. The van der Waals surface area contributed by atoms with Crippen molar-refractivity contribution in [3.05, 3.63) is 29.8 Å². The van der Waals surface area contributed by atoms with Crippen molar-refractivity contribution in [2.45, 2.75) is 13.8 Å². The molecule has 2 amide bonds. The zero-order valence-corrected chi connectivity index (χ0v) is 13.7. The third-order valence-corrected chi connectivity index (χ3v) is 3.44. The maximum atomic E-state index is 11.8. The number of amides is 2. The summed E-state index contributed by atoms with van der Waals surface area (Å²) in [6.45, 7) is 3.91. The molecule has 7 nitrogen and oxygen atoms in total. The van der Waals surface area contributed by atoms with Crippen molar-refractivity contribution in [2.24, 2.45) is 5.92 Å². The van der Waals surface area contributed by atoms with Gasteiger partial charge in [-0.2, -0.15) is 0 Å². The highest BCUT2D eigenvalue weighted by Crippen LogP contribution is 2.10. The second-order valence-corrected chi connectivity index (χ2v) is 6.98. The van der Waals surface area contributed by atoms with E-state index in [9.17, 15) is 18.0 Å². The maximum Gasteiger partial charge on any atom is 0.251 e. The lowest BCUT2D eigenvalue weighted by molar-refractivity contribution is -0.118. The number of nitrogens with one attached hydrogen (secondary N) is 3. The van der Waals surface area contributed by atoms with Crippen molar-refractivity contribution in [3.8, 4) is 0 Å².